The van der Waals surface area contributed by atoms with Gasteiger partial charge in [0, 0.05) is 12.1 Å². The SMILES string of the molecule is NS(=O)(=O)c1ccc(C(=O)N2CCCC[C@@H]2C(=O)O)cc1. The van der Waals surface area contributed by atoms with E-state index in [1.165, 1.54) is 29.2 Å². The van der Waals surface area contributed by atoms with E-state index in [0.717, 1.165) is 12.8 Å². The number of carboxylic acids is 1. The summed E-state index contributed by atoms with van der Waals surface area (Å²) in [6.07, 6.45) is 1.95. The summed E-state index contributed by atoms with van der Waals surface area (Å²) in [6, 6.07) is 4.33. The Labute approximate surface area is 122 Å². The van der Waals surface area contributed by atoms with Gasteiger partial charge in [-0.1, -0.05) is 0 Å². The third-order valence-corrected chi connectivity index (χ3v) is 4.41. The van der Waals surface area contributed by atoms with E-state index < -0.39 is 27.9 Å². The number of primary sulfonamides is 1. The molecule has 21 heavy (non-hydrogen) atoms. The van der Waals surface area contributed by atoms with Crippen molar-refractivity contribution in [3.8, 4) is 0 Å². The van der Waals surface area contributed by atoms with Gasteiger partial charge in [0.2, 0.25) is 10.0 Å². The number of likely N-dealkylation sites (tertiary alicyclic amines) is 1. The Balaban J connectivity index is 2.24. The number of nitrogens with two attached hydrogens (primary N) is 1. The van der Waals surface area contributed by atoms with Gasteiger partial charge < -0.3 is 10.0 Å². The molecule has 2 rings (SSSR count). The number of hydrogen-bond acceptors (Lipinski definition) is 4. The minimum Gasteiger partial charge on any atom is -0.480 e. The molecule has 1 saturated heterocycles. The quantitative estimate of drug-likeness (QED) is 0.838. The van der Waals surface area contributed by atoms with Crippen LogP contribution in [0, 0.1) is 0 Å². The van der Waals surface area contributed by atoms with Crippen LogP contribution in [0.2, 0.25) is 0 Å². The molecule has 1 aromatic rings. The smallest absolute Gasteiger partial charge is 0.326 e. The van der Waals surface area contributed by atoms with Crippen molar-refractivity contribution in [2.24, 2.45) is 5.14 Å². The summed E-state index contributed by atoms with van der Waals surface area (Å²) in [4.78, 5) is 24.8. The number of nitrogens with zero attached hydrogens (tertiary/aromatic N) is 1. The Kier molecular flexibility index (Phi) is 4.29. The normalized spacial score (nSPS) is 19.3. The maximum Gasteiger partial charge on any atom is 0.326 e. The lowest BCUT2D eigenvalue weighted by Crippen LogP contribution is -2.47. The number of aliphatic carboxylic acids is 1. The monoisotopic (exact) mass is 312 g/mol. The van der Waals surface area contributed by atoms with Crippen LogP contribution < -0.4 is 5.14 Å². The summed E-state index contributed by atoms with van der Waals surface area (Å²) in [5.41, 5.74) is 0.246. The fraction of sp³-hybridized carbons (Fsp3) is 0.385. The second-order valence-corrected chi connectivity index (χ2v) is 6.48. The lowest BCUT2D eigenvalue weighted by molar-refractivity contribution is -0.143. The highest BCUT2D eigenvalue weighted by Crippen LogP contribution is 2.20. The number of sulfonamides is 1. The van der Waals surface area contributed by atoms with E-state index in [1.807, 2.05) is 0 Å². The lowest BCUT2D eigenvalue weighted by atomic mass is 10.0. The molecule has 0 saturated carbocycles. The van der Waals surface area contributed by atoms with Crippen molar-refractivity contribution in [3.05, 3.63) is 29.8 Å². The van der Waals surface area contributed by atoms with Crippen LogP contribution in [0.15, 0.2) is 29.2 Å². The molecule has 1 heterocycles. The van der Waals surface area contributed by atoms with E-state index in [2.05, 4.69) is 0 Å². The van der Waals surface area contributed by atoms with Gasteiger partial charge in [-0.15, -0.1) is 0 Å². The molecule has 3 N–H and O–H groups in total. The molecular formula is C13H16N2O5S. The molecular weight excluding hydrogens is 296 g/mol. The molecule has 114 valence electrons. The highest BCUT2D eigenvalue weighted by Gasteiger charge is 2.32. The van der Waals surface area contributed by atoms with Gasteiger partial charge >= 0.3 is 5.97 Å². The molecule has 0 bridgehead atoms. The van der Waals surface area contributed by atoms with Gasteiger partial charge in [0.25, 0.3) is 5.91 Å². The molecule has 7 nitrogen and oxygen atoms in total. The zero-order valence-electron chi connectivity index (χ0n) is 11.2. The summed E-state index contributed by atoms with van der Waals surface area (Å²) in [6.45, 7) is 0.382. The van der Waals surface area contributed by atoms with E-state index in [4.69, 9.17) is 10.2 Å². The average Bonchev–Trinajstić information content (AvgIpc) is 2.45. The molecule has 0 unspecified atom stereocenters. The average molecular weight is 312 g/mol. The summed E-state index contributed by atoms with van der Waals surface area (Å²) in [5.74, 6) is -1.44. The Morgan fingerprint density at radius 1 is 1.19 bits per heavy atom. The predicted octanol–water partition coefficient (Wildman–Crippen LogP) is 0.413. The van der Waals surface area contributed by atoms with Gasteiger partial charge in [-0.2, -0.15) is 0 Å². The first kappa shape index (κ1) is 15.5. The van der Waals surface area contributed by atoms with Gasteiger partial charge in [-0.3, -0.25) is 4.79 Å². The minimum atomic E-state index is -3.81. The maximum atomic E-state index is 12.4. The van der Waals surface area contributed by atoms with Crippen molar-refractivity contribution >= 4 is 21.9 Å². The third-order valence-electron chi connectivity index (χ3n) is 3.48. The summed E-state index contributed by atoms with van der Waals surface area (Å²) in [5, 5.41) is 14.2. The Bertz CT molecular complexity index is 654. The maximum absolute atomic E-state index is 12.4. The van der Waals surface area contributed by atoms with Gasteiger partial charge in [0.05, 0.1) is 4.90 Å². The molecule has 1 fully saturated rings. The Hall–Kier alpha value is -1.93. The van der Waals surface area contributed by atoms with Crippen molar-refractivity contribution in [3.63, 3.8) is 0 Å². The first-order chi connectivity index (χ1) is 9.80. The van der Waals surface area contributed by atoms with Crippen molar-refractivity contribution in [1.82, 2.24) is 4.90 Å². The molecule has 0 spiro atoms. The van der Waals surface area contributed by atoms with E-state index in [9.17, 15) is 18.0 Å². The minimum absolute atomic E-state index is 0.0903. The fourth-order valence-electron chi connectivity index (χ4n) is 2.38. The number of carbonyl (C=O) groups is 2. The molecule has 8 heteroatoms. The molecule has 0 aromatic heterocycles. The van der Waals surface area contributed by atoms with Crippen LogP contribution in [-0.2, 0) is 14.8 Å². The van der Waals surface area contributed by atoms with E-state index in [0.29, 0.717) is 13.0 Å². The lowest BCUT2D eigenvalue weighted by Gasteiger charge is -2.33. The van der Waals surface area contributed by atoms with Crippen LogP contribution in [0.25, 0.3) is 0 Å². The first-order valence-electron chi connectivity index (χ1n) is 6.47. The van der Waals surface area contributed by atoms with Crippen LogP contribution in [0.5, 0.6) is 0 Å². The van der Waals surface area contributed by atoms with Crippen molar-refractivity contribution in [2.75, 3.05) is 6.54 Å². The van der Waals surface area contributed by atoms with Gasteiger partial charge in [0.1, 0.15) is 6.04 Å². The van der Waals surface area contributed by atoms with Crippen molar-refractivity contribution in [2.45, 2.75) is 30.2 Å². The second-order valence-electron chi connectivity index (χ2n) is 4.92. The van der Waals surface area contributed by atoms with Crippen molar-refractivity contribution < 1.29 is 23.1 Å². The van der Waals surface area contributed by atoms with Gasteiger partial charge in [-0.05, 0) is 43.5 Å². The second kappa shape index (κ2) is 5.82. The van der Waals surface area contributed by atoms with Gasteiger partial charge in [0.15, 0.2) is 0 Å². The number of rotatable bonds is 3. The molecule has 1 aromatic carbocycles. The van der Waals surface area contributed by atoms with E-state index >= 15 is 0 Å². The largest absolute Gasteiger partial charge is 0.480 e. The number of carbonyl (C=O) groups excluding carboxylic acids is 1. The predicted molar refractivity (Wildman–Crippen MR) is 74.1 cm³/mol. The van der Waals surface area contributed by atoms with E-state index in [1.54, 1.807) is 0 Å². The van der Waals surface area contributed by atoms with Gasteiger partial charge in [-0.25, -0.2) is 18.4 Å². The number of benzene rings is 1. The summed E-state index contributed by atoms with van der Waals surface area (Å²) in [7, 11) is -3.81. The number of carboxylic acid groups (broad SMARTS) is 1. The molecule has 1 atom stereocenters. The van der Waals surface area contributed by atoms with Crippen LogP contribution in [0.1, 0.15) is 29.6 Å². The highest BCUT2D eigenvalue weighted by molar-refractivity contribution is 7.89. The topological polar surface area (TPSA) is 118 Å². The number of piperidine rings is 1. The highest BCUT2D eigenvalue weighted by atomic mass is 32.2. The summed E-state index contributed by atoms with van der Waals surface area (Å²) >= 11 is 0. The Morgan fingerprint density at radius 2 is 1.81 bits per heavy atom. The molecule has 1 aliphatic heterocycles. The van der Waals surface area contributed by atoms with Crippen LogP contribution in [0.3, 0.4) is 0 Å². The molecule has 0 radical (unpaired) electrons. The van der Waals surface area contributed by atoms with Crippen LogP contribution >= 0.6 is 0 Å². The first-order valence-corrected chi connectivity index (χ1v) is 8.02. The standard InChI is InChI=1S/C13H16N2O5S/c14-21(19,20)10-6-4-9(5-7-10)12(16)15-8-2-1-3-11(15)13(17)18/h4-7,11H,1-3,8H2,(H,17,18)(H2,14,19,20)/t11-/m1/s1. The summed E-state index contributed by atoms with van der Waals surface area (Å²) < 4.78 is 22.3. The number of amides is 1. The number of hydrogen-bond donors (Lipinski definition) is 2. The van der Waals surface area contributed by atoms with Crippen LogP contribution in [-0.4, -0.2) is 42.9 Å². The van der Waals surface area contributed by atoms with Crippen LogP contribution in [0.4, 0.5) is 0 Å². The van der Waals surface area contributed by atoms with E-state index in [-0.39, 0.29) is 10.5 Å². The molecule has 1 amide bonds. The zero-order valence-corrected chi connectivity index (χ0v) is 12.0. The van der Waals surface area contributed by atoms with Crippen molar-refractivity contribution in [1.29, 1.82) is 0 Å². The fourth-order valence-corrected chi connectivity index (χ4v) is 2.90. The Morgan fingerprint density at radius 3 is 2.33 bits per heavy atom. The third kappa shape index (κ3) is 3.40. The molecule has 1 aliphatic rings. The zero-order chi connectivity index (χ0) is 15.6. The molecule has 0 aliphatic carbocycles.